The van der Waals surface area contributed by atoms with Gasteiger partial charge in [-0.2, -0.15) is 0 Å². The lowest BCUT2D eigenvalue weighted by molar-refractivity contribution is 0.319. The zero-order valence-electron chi connectivity index (χ0n) is 11.6. The van der Waals surface area contributed by atoms with Gasteiger partial charge in [-0.3, -0.25) is 0 Å². The van der Waals surface area contributed by atoms with Gasteiger partial charge in [-0.15, -0.1) is 0 Å². The minimum absolute atomic E-state index is 0.459. The summed E-state index contributed by atoms with van der Waals surface area (Å²) in [5, 5.41) is 0. The molecule has 5 heteroatoms. The number of nitrogens with zero attached hydrogens (tertiary/aromatic N) is 1. The second-order valence-electron chi connectivity index (χ2n) is 4.06. The fraction of sp³-hybridized carbons (Fsp3) is 0.267. The molecule has 1 aromatic heterocycles. The van der Waals surface area contributed by atoms with Crippen LogP contribution >= 0.6 is 0 Å². The van der Waals surface area contributed by atoms with Crippen LogP contribution < -0.4 is 19.9 Å². The van der Waals surface area contributed by atoms with Crippen molar-refractivity contribution in [2.45, 2.75) is 13.5 Å². The minimum Gasteiger partial charge on any atom is -0.495 e. The van der Waals surface area contributed by atoms with Crippen LogP contribution in [0, 0.1) is 0 Å². The molecule has 0 aliphatic rings. The first-order valence-corrected chi connectivity index (χ1v) is 6.40. The van der Waals surface area contributed by atoms with E-state index in [1.54, 1.807) is 25.4 Å². The molecule has 2 rings (SSSR count). The fourth-order valence-electron chi connectivity index (χ4n) is 1.69. The molecule has 0 aliphatic carbocycles. The first kappa shape index (κ1) is 14.1. The Bertz CT molecular complexity index is 556. The van der Waals surface area contributed by atoms with Gasteiger partial charge in [0, 0.05) is 12.6 Å². The topological polar surface area (TPSA) is 66.6 Å². The number of benzene rings is 1. The molecule has 20 heavy (non-hydrogen) atoms. The highest BCUT2D eigenvalue weighted by atomic mass is 16.5. The van der Waals surface area contributed by atoms with Gasteiger partial charge < -0.3 is 19.9 Å². The van der Waals surface area contributed by atoms with Crippen LogP contribution in [0.3, 0.4) is 0 Å². The van der Waals surface area contributed by atoms with E-state index < -0.39 is 0 Å². The molecule has 0 saturated heterocycles. The monoisotopic (exact) mass is 274 g/mol. The number of aromatic nitrogens is 1. The highest BCUT2D eigenvalue weighted by Crippen LogP contribution is 2.32. The van der Waals surface area contributed by atoms with Gasteiger partial charge in [0.05, 0.1) is 19.9 Å². The van der Waals surface area contributed by atoms with Crippen LogP contribution in [-0.4, -0.2) is 18.7 Å². The number of ether oxygens (including phenoxy) is 3. The molecule has 0 aliphatic heterocycles. The molecule has 0 spiro atoms. The van der Waals surface area contributed by atoms with E-state index in [0.717, 1.165) is 5.56 Å². The fourth-order valence-corrected chi connectivity index (χ4v) is 1.69. The van der Waals surface area contributed by atoms with Crippen molar-refractivity contribution in [3.8, 4) is 23.1 Å². The summed E-state index contributed by atoms with van der Waals surface area (Å²) in [6.45, 7) is 2.94. The third-order valence-electron chi connectivity index (χ3n) is 2.70. The standard InChI is InChI=1S/C15H18N2O3/c1-3-19-14-8-11(9-16)4-6-13(14)20-15-7-5-12(18-2)10-17-15/h4-8,10H,3,9,16H2,1-2H3. The predicted octanol–water partition coefficient (Wildman–Crippen LogP) is 2.74. The molecule has 0 unspecified atom stereocenters. The number of nitrogens with two attached hydrogens (primary N) is 1. The number of rotatable bonds is 6. The summed E-state index contributed by atoms with van der Waals surface area (Å²) in [6, 6.07) is 9.14. The van der Waals surface area contributed by atoms with Crippen molar-refractivity contribution in [2.75, 3.05) is 13.7 Å². The summed E-state index contributed by atoms with van der Waals surface area (Å²) >= 11 is 0. The first-order valence-electron chi connectivity index (χ1n) is 6.40. The van der Waals surface area contributed by atoms with Crippen LogP contribution in [-0.2, 0) is 6.54 Å². The van der Waals surface area contributed by atoms with Crippen LogP contribution in [0.4, 0.5) is 0 Å². The molecule has 1 heterocycles. The summed E-state index contributed by atoms with van der Waals surface area (Å²) in [4.78, 5) is 4.16. The Morgan fingerprint density at radius 1 is 1.15 bits per heavy atom. The van der Waals surface area contributed by atoms with Gasteiger partial charge >= 0.3 is 0 Å². The third-order valence-corrected chi connectivity index (χ3v) is 2.70. The lowest BCUT2D eigenvalue weighted by Gasteiger charge is -2.12. The number of hydrogen-bond donors (Lipinski definition) is 1. The van der Waals surface area contributed by atoms with E-state index in [4.69, 9.17) is 19.9 Å². The molecule has 1 aromatic carbocycles. The van der Waals surface area contributed by atoms with Crippen LogP contribution in [0.2, 0.25) is 0 Å². The van der Waals surface area contributed by atoms with Crippen LogP contribution in [0.25, 0.3) is 0 Å². The maximum atomic E-state index is 5.73. The molecule has 0 saturated carbocycles. The molecule has 5 nitrogen and oxygen atoms in total. The van der Waals surface area contributed by atoms with Gasteiger partial charge in [0.15, 0.2) is 11.5 Å². The Morgan fingerprint density at radius 2 is 2.00 bits per heavy atom. The second kappa shape index (κ2) is 6.77. The Balaban J connectivity index is 2.22. The molecule has 0 atom stereocenters. The molecule has 0 fully saturated rings. The van der Waals surface area contributed by atoms with E-state index in [-0.39, 0.29) is 0 Å². The van der Waals surface area contributed by atoms with Crippen molar-refractivity contribution < 1.29 is 14.2 Å². The van der Waals surface area contributed by atoms with Gasteiger partial charge in [-0.05, 0) is 30.7 Å². The van der Waals surface area contributed by atoms with E-state index in [2.05, 4.69) is 4.98 Å². The average molecular weight is 274 g/mol. The number of pyridine rings is 1. The highest BCUT2D eigenvalue weighted by Gasteiger charge is 2.08. The predicted molar refractivity (Wildman–Crippen MR) is 76.4 cm³/mol. The number of methoxy groups -OCH3 is 1. The molecule has 0 amide bonds. The van der Waals surface area contributed by atoms with Crippen molar-refractivity contribution in [3.63, 3.8) is 0 Å². The average Bonchev–Trinajstić information content (AvgIpc) is 2.50. The Morgan fingerprint density at radius 3 is 2.60 bits per heavy atom. The summed E-state index contributed by atoms with van der Waals surface area (Å²) < 4.78 is 16.3. The summed E-state index contributed by atoms with van der Waals surface area (Å²) in [5.41, 5.74) is 6.62. The zero-order chi connectivity index (χ0) is 14.4. The van der Waals surface area contributed by atoms with Crippen molar-refractivity contribution >= 4 is 0 Å². The van der Waals surface area contributed by atoms with E-state index in [0.29, 0.717) is 36.3 Å². The SMILES string of the molecule is CCOc1cc(CN)ccc1Oc1ccc(OC)cn1. The Labute approximate surface area is 118 Å². The number of hydrogen-bond acceptors (Lipinski definition) is 5. The summed E-state index contributed by atoms with van der Waals surface area (Å²) in [5.74, 6) is 2.43. The Hall–Kier alpha value is -2.27. The van der Waals surface area contributed by atoms with E-state index in [9.17, 15) is 0 Å². The maximum Gasteiger partial charge on any atom is 0.219 e. The van der Waals surface area contributed by atoms with Crippen LogP contribution in [0.15, 0.2) is 36.5 Å². The molecular weight excluding hydrogens is 256 g/mol. The third kappa shape index (κ3) is 3.39. The van der Waals surface area contributed by atoms with Crippen LogP contribution in [0.1, 0.15) is 12.5 Å². The first-order chi connectivity index (χ1) is 9.76. The van der Waals surface area contributed by atoms with Gasteiger partial charge in [-0.25, -0.2) is 4.98 Å². The molecule has 2 aromatic rings. The highest BCUT2D eigenvalue weighted by molar-refractivity contribution is 5.44. The normalized spacial score (nSPS) is 10.2. The van der Waals surface area contributed by atoms with Gasteiger partial charge in [0.1, 0.15) is 5.75 Å². The minimum atomic E-state index is 0.459. The smallest absolute Gasteiger partial charge is 0.219 e. The van der Waals surface area contributed by atoms with Crippen molar-refractivity contribution in [1.29, 1.82) is 0 Å². The molecule has 2 N–H and O–H groups in total. The quantitative estimate of drug-likeness (QED) is 0.877. The van der Waals surface area contributed by atoms with E-state index >= 15 is 0 Å². The molecule has 106 valence electrons. The lowest BCUT2D eigenvalue weighted by Crippen LogP contribution is -2.00. The van der Waals surface area contributed by atoms with Crippen LogP contribution in [0.5, 0.6) is 23.1 Å². The van der Waals surface area contributed by atoms with Gasteiger partial charge in [0.2, 0.25) is 5.88 Å². The molecule has 0 bridgehead atoms. The van der Waals surface area contributed by atoms with Crippen molar-refractivity contribution in [3.05, 3.63) is 42.1 Å². The summed E-state index contributed by atoms with van der Waals surface area (Å²) in [7, 11) is 1.59. The molecular formula is C15H18N2O3. The van der Waals surface area contributed by atoms with Gasteiger partial charge in [-0.1, -0.05) is 6.07 Å². The maximum absolute atomic E-state index is 5.73. The zero-order valence-corrected chi connectivity index (χ0v) is 11.6. The van der Waals surface area contributed by atoms with E-state index in [1.165, 1.54) is 0 Å². The lowest BCUT2D eigenvalue weighted by atomic mass is 10.2. The molecule has 0 radical (unpaired) electrons. The van der Waals surface area contributed by atoms with Crippen molar-refractivity contribution in [1.82, 2.24) is 4.98 Å². The largest absolute Gasteiger partial charge is 0.495 e. The van der Waals surface area contributed by atoms with Crippen molar-refractivity contribution in [2.24, 2.45) is 5.73 Å². The summed E-state index contributed by atoms with van der Waals surface area (Å²) in [6.07, 6.45) is 1.60. The van der Waals surface area contributed by atoms with Gasteiger partial charge in [0.25, 0.3) is 0 Å². The van der Waals surface area contributed by atoms with E-state index in [1.807, 2.05) is 25.1 Å². The second-order valence-corrected chi connectivity index (χ2v) is 4.06. The Kier molecular flexibility index (Phi) is 4.79.